The predicted octanol–water partition coefficient (Wildman–Crippen LogP) is 2.99. The lowest BCUT2D eigenvalue weighted by atomic mass is 9.96. The number of esters is 1. The van der Waals surface area contributed by atoms with Gasteiger partial charge in [0.15, 0.2) is 0 Å². The van der Waals surface area contributed by atoms with E-state index in [1.54, 1.807) is 0 Å². The number of carbonyl (C=O) groups is 2. The van der Waals surface area contributed by atoms with Crippen molar-refractivity contribution in [3.8, 4) is 0 Å². The highest BCUT2D eigenvalue weighted by Crippen LogP contribution is 2.25. The molecule has 0 atom stereocenters. The fourth-order valence-electron chi connectivity index (χ4n) is 2.89. The molecule has 1 aromatic rings. The molecule has 1 aliphatic heterocycles. The molecule has 1 aliphatic rings. The summed E-state index contributed by atoms with van der Waals surface area (Å²) in [5.74, 6) is -0.158. The average Bonchev–Trinajstić information content (AvgIpc) is 2.54. The van der Waals surface area contributed by atoms with Gasteiger partial charge < -0.3 is 15.0 Å². The number of ether oxygens (including phenoxy) is 1. The topological polar surface area (TPSA) is 58.6 Å². The van der Waals surface area contributed by atoms with Gasteiger partial charge in [0.25, 0.3) is 5.91 Å². The van der Waals surface area contributed by atoms with E-state index >= 15 is 0 Å². The van der Waals surface area contributed by atoms with Gasteiger partial charge >= 0.3 is 5.97 Å². The molecule has 1 aromatic carbocycles. The van der Waals surface area contributed by atoms with Crippen LogP contribution in [0.15, 0.2) is 24.3 Å². The molecule has 132 valence electrons. The van der Waals surface area contributed by atoms with E-state index in [-0.39, 0.29) is 23.3 Å². The summed E-state index contributed by atoms with van der Waals surface area (Å²) < 4.78 is 5.11. The first-order chi connectivity index (χ1) is 11.3. The minimum atomic E-state index is -0.259. The van der Waals surface area contributed by atoms with Crippen LogP contribution >= 0.6 is 0 Å². The van der Waals surface area contributed by atoms with E-state index in [4.69, 9.17) is 4.74 Å². The van der Waals surface area contributed by atoms with Crippen LogP contribution in [0.5, 0.6) is 0 Å². The van der Waals surface area contributed by atoms with Gasteiger partial charge in [0.2, 0.25) is 0 Å². The quantitative estimate of drug-likeness (QED) is 0.861. The zero-order valence-electron chi connectivity index (χ0n) is 15.1. The Morgan fingerprint density at radius 3 is 2.50 bits per heavy atom. The average molecular weight is 332 g/mol. The summed E-state index contributed by atoms with van der Waals surface area (Å²) >= 11 is 0. The maximum absolute atomic E-state index is 12.3. The molecule has 24 heavy (non-hydrogen) atoms. The Morgan fingerprint density at radius 2 is 1.92 bits per heavy atom. The van der Waals surface area contributed by atoms with Crippen LogP contribution in [0.1, 0.15) is 50.9 Å². The molecule has 2 rings (SSSR count). The van der Waals surface area contributed by atoms with Crippen molar-refractivity contribution in [1.29, 1.82) is 0 Å². The van der Waals surface area contributed by atoms with Crippen LogP contribution < -0.4 is 10.2 Å². The number of piperidine rings is 1. The third-order valence-corrected chi connectivity index (χ3v) is 4.08. The van der Waals surface area contributed by atoms with Crippen LogP contribution in [0.25, 0.3) is 0 Å². The lowest BCUT2D eigenvalue weighted by Crippen LogP contribution is -2.40. The summed E-state index contributed by atoms with van der Waals surface area (Å²) in [6, 6.07) is 7.67. The molecular weight excluding hydrogens is 304 g/mol. The maximum atomic E-state index is 12.3. The number of hydrogen-bond donors (Lipinski definition) is 1. The van der Waals surface area contributed by atoms with Crippen molar-refractivity contribution in [1.82, 2.24) is 5.32 Å². The van der Waals surface area contributed by atoms with Crippen molar-refractivity contribution in [2.24, 2.45) is 5.92 Å². The van der Waals surface area contributed by atoms with Crippen molar-refractivity contribution < 1.29 is 14.3 Å². The van der Waals surface area contributed by atoms with Gasteiger partial charge in [-0.05, 0) is 58.7 Å². The summed E-state index contributed by atoms with van der Waals surface area (Å²) in [5, 5.41) is 2.98. The first-order valence-corrected chi connectivity index (χ1v) is 8.64. The highest BCUT2D eigenvalue weighted by molar-refractivity contribution is 5.95. The molecule has 0 aromatic heterocycles. The van der Waals surface area contributed by atoms with Crippen LogP contribution in [0, 0.1) is 5.92 Å². The van der Waals surface area contributed by atoms with Gasteiger partial charge in [-0.15, -0.1) is 0 Å². The number of carbonyl (C=O) groups excluding carboxylic acids is 2. The molecule has 0 unspecified atom stereocenters. The van der Waals surface area contributed by atoms with Crippen LogP contribution in [0.4, 0.5) is 5.69 Å². The van der Waals surface area contributed by atoms with E-state index in [1.165, 1.54) is 0 Å². The van der Waals surface area contributed by atoms with E-state index in [1.807, 2.05) is 52.0 Å². The van der Waals surface area contributed by atoms with Crippen LogP contribution in [0.3, 0.4) is 0 Å². The molecule has 0 aliphatic carbocycles. The van der Waals surface area contributed by atoms with E-state index in [0.717, 1.165) is 31.6 Å². The summed E-state index contributed by atoms with van der Waals surface area (Å²) in [6.45, 7) is 9.77. The van der Waals surface area contributed by atoms with Crippen molar-refractivity contribution >= 4 is 17.6 Å². The van der Waals surface area contributed by atoms with E-state index in [2.05, 4.69) is 10.2 Å². The fraction of sp³-hybridized carbons (Fsp3) is 0.579. The van der Waals surface area contributed by atoms with Gasteiger partial charge in [0, 0.05) is 29.9 Å². The SMILES string of the molecule is CCOC(=O)C1CCN(c2cccc(C(=O)NC(C)(C)C)c2)CC1. The molecule has 1 amide bonds. The lowest BCUT2D eigenvalue weighted by Gasteiger charge is -2.32. The largest absolute Gasteiger partial charge is 0.466 e. The summed E-state index contributed by atoms with van der Waals surface area (Å²) in [5.41, 5.74) is 1.43. The van der Waals surface area contributed by atoms with Crippen molar-refractivity contribution in [2.45, 2.75) is 46.1 Å². The van der Waals surface area contributed by atoms with E-state index in [9.17, 15) is 9.59 Å². The second-order valence-electron chi connectivity index (χ2n) is 7.27. The van der Waals surface area contributed by atoms with Gasteiger partial charge in [-0.1, -0.05) is 6.07 Å². The molecule has 1 heterocycles. The standard InChI is InChI=1S/C19H28N2O3/c1-5-24-18(23)14-9-11-21(12-10-14)16-8-6-7-15(13-16)17(22)20-19(2,3)4/h6-8,13-14H,5,9-12H2,1-4H3,(H,20,22). The number of benzene rings is 1. The molecule has 0 bridgehead atoms. The summed E-state index contributed by atoms with van der Waals surface area (Å²) in [6.07, 6.45) is 1.58. The number of hydrogen-bond acceptors (Lipinski definition) is 4. The number of rotatable bonds is 4. The lowest BCUT2D eigenvalue weighted by molar-refractivity contribution is -0.148. The van der Waals surface area contributed by atoms with Crippen LogP contribution in [-0.4, -0.2) is 37.1 Å². The Balaban J connectivity index is 2.00. The number of anilines is 1. The zero-order chi connectivity index (χ0) is 17.7. The van der Waals surface area contributed by atoms with Gasteiger partial charge in [-0.25, -0.2) is 0 Å². The van der Waals surface area contributed by atoms with Gasteiger partial charge in [-0.2, -0.15) is 0 Å². The van der Waals surface area contributed by atoms with E-state index in [0.29, 0.717) is 12.2 Å². The summed E-state index contributed by atoms with van der Waals surface area (Å²) in [7, 11) is 0. The Bertz CT molecular complexity index is 585. The Labute approximate surface area is 144 Å². The Morgan fingerprint density at radius 1 is 1.25 bits per heavy atom. The van der Waals surface area contributed by atoms with Gasteiger partial charge in [0.05, 0.1) is 12.5 Å². The van der Waals surface area contributed by atoms with Crippen molar-refractivity contribution in [2.75, 3.05) is 24.6 Å². The van der Waals surface area contributed by atoms with Crippen molar-refractivity contribution in [3.63, 3.8) is 0 Å². The third-order valence-electron chi connectivity index (χ3n) is 4.08. The molecule has 0 spiro atoms. The highest BCUT2D eigenvalue weighted by Gasteiger charge is 2.26. The Hall–Kier alpha value is -2.04. The zero-order valence-corrected chi connectivity index (χ0v) is 15.1. The minimum Gasteiger partial charge on any atom is -0.466 e. The van der Waals surface area contributed by atoms with Crippen LogP contribution in [-0.2, 0) is 9.53 Å². The second kappa shape index (κ2) is 7.69. The fourth-order valence-corrected chi connectivity index (χ4v) is 2.89. The number of amides is 1. The Kier molecular flexibility index (Phi) is 5.86. The molecule has 5 heteroatoms. The molecule has 1 N–H and O–H groups in total. The number of nitrogens with one attached hydrogen (secondary N) is 1. The molecule has 1 fully saturated rings. The molecule has 1 saturated heterocycles. The smallest absolute Gasteiger partial charge is 0.309 e. The number of nitrogens with zero attached hydrogens (tertiary/aromatic N) is 1. The second-order valence-corrected chi connectivity index (χ2v) is 7.27. The molecule has 0 saturated carbocycles. The maximum Gasteiger partial charge on any atom is 0.309 e. The monoisotopic (exact) mass is 332 g/mol. The minimum absolute atomic E-state index is 0.00595. The molecular formula is C19H28N2O3. The third kappa shape index (κ3) is 4.98. The summed E-state index contributed by atoms with van der Waals surface area (Å²) in [4.78, 5) is 26.4. The van der Waals surface area contributed by atoms with Crippen LogP contribution in [0.2, 0.25) is 0 Å². The predicted molar refractivity (Wildman–Crippen MR) is 95.2 cm³/mol. The first-order valence-electron chi connectivity index (χ1n) is 8.64. The van der Waals surface area contributed by atoms with Crippen molar-refractivity contribution in [3.05, 3.63) is 29.8 Å². The van der Waals surface area contributed by atoms with Gasteiger partial charge in [-0.3, -0.25) is 9.59 Å². The molecule has 0 radical (unpaired) electrons. The van der Waals surface area contributed by atoms with E-state index < -0.39 is 0 Å². The first kappa shape index (κ1) is 18.3. The highest BCUT2D eigenvalue weighted by atomic mass is 16.5. The normalized spacial score (nSPS) is 15.9. The molecule has 5 nitrogen and oxygen atoms in total. The van der Waals surface area contributed by atoms with Gasteiger partial charge in [0.1, 0.15) is 0 Å².